The highest BCUT2D eigenvalue weighted by Gasteiger charge is 2.30. The average molecular weight is 418 g/mol. The fraction of sp³-hybridized carbons (Fsp3) is 0.120. The molecule has 0 saturated heterocycles. The number of rotatable bonds is 5. The van der Waals surface area contributed by atoms with E-state index in [1.807, 2.05) is 0 Å². The SMILES string of the molecule is COc1ccc(CC(=O)Oc2cc(C)c3c(c2)O/C(=C\c2ccc(F)cc2)C3=O)cc1. The first-order valence-electron chi connectivity index (χ1n) is 9.61. The lowest BCUT2D eigenvalue weighted by Gasteiger charge is -2.08. The van der Waals surface area contributed by atoms with E-state index >= 15 is 0 Å². The summed E-state index contributed by atoms with van der Waals surface area (Å²) in [4.78, 5) is 25.1. The third-order valence-electron chi connectivity index (χ3n) is 4.85. The lowest BCUT2D eigenvalue weighted by Crippen LogP contribution is -2.11. The summed E-state index contributed by atoms with van der Waals surface area (Å²) in [7, 11) is 1.58. The second kappa shape index (κ2) is 8.44. The van der Waals surface area contributed by atoms with Crippen LogP contribution < -0.4 is 14.2 Å². The summed E-state index contributed by atoms with van der Waals surface area (Å²) in [6, 6.07) is 16.0. The van der Waals surface area contributed by atoms with Gasteiger partial charge in [-0.3, -0.25) is 9.59 Å². The summed E-state index contributed by atoms with van der Waals surface area (Å²) in [5.41, 5.74) is 2.49. The van der Waals surface area contributed by atoms with Gasteiger partial charge in [-0.05, 0) is 60.0 Å². The Balaban J connectivity index is 1.50. The number of benzene rings is 3. The number of ketones is 1. The lowest BCUT2D eigenvalue weighted by molar-refractivity contribution is -0.133. The quantitative estimate of drug-likeness (QED) is 0.335. The van der Waals surface area contributed by atoms with Crippen molar-refractivity contribution in [2.24, 2.45) is 0 Å². The number of carbonyl (C=O) groups is 2. The fourth-order valence-corrected chi connectivity index (χ4v) is 3.32. The Morgan fingerprint density at radius 3 is 2.42 bits per heavy atom. The molecule has 0 spiro atoms. The van der Waals surface area contributed by atoms with E-state index in [2.05, 4.69) is 0 Å². The molecule has 0 fully saturated rings. The number of carbonyl (C=O) groups excluding carboxylic acids is 2. The molecule has 0 aromatic heterocycles. The topological polar surface area (TPSA) is 61.8 Å². The van der Waals surface area contributed by atoms with Gasteiger partial charge in [0.2, 0.25) is 5.78 Å². The summed E-state index contributed by atoms with van der Waals surface area (Å²) in [5, 5.41) is 0. The number of ether oxygens (including phenoxy) is 3. The minimum atomic E-state index is -0.434. The smallest absolute Gasteiger partial charge is 0.315 e. The Morgan fingerprint density at radius 1 is 1.03 bits per heavy atom. The Hall–Kier alpha value is -3.93. The molecule has 31 heavy (non-hydrogen) atoms. The highest BCUT2D eigenvalue weighted by Crippen LogP contribution is 2.37. The number of halogens is 1. The van der Waals surface area contributed by atoms with Crippen LogP contribution in [0, 0.1) is 12.7 Å². The highest BCUT2D eigenvalue weighted by atomic mass is 19.1. The first kappa shape index (κ1) is 20.3. The third-order valence-corrected chi connectivity index (χ3v) is 4.85. The molecule has 156 valence electrons. The van der Waals surface area contributed by atoms with Crippen molar-refractivity contribution < 1.29 is 28.2 Å². The van der Waals surface area contributed by atoms with Crippen molar-refractivity contribution in [3.8, 4) is 17.2 Å². The first-order chi connectivity index (χ1) is 14.9. The Kier molecular flexibility index (Phi) is 5.54. The molecule has 1 aliphatic heterocycles. The second-order valence-corrected chi connectivity index (χ2v) is 7.10. The first-order valence-corrected chi connectivity index (χ1v) is 9.61. The van der Waals surface area contributed by atoms with Crippen molar-refractivity contribution in [3.05, 3.63) is 94.5 Å². The molecule has 0 amide bonds. The van der Waals surface area contributed by atoms with Crippen LogP contribution >= 0.6 is 0 Å². The maximum atomic E-state index is 13.1. The van der Waals surface area contributed by atoms with Crippen molar-refractivity contribution in [1.82, 2.24) is 0 Å². The van der Waals surface area contributed by atoms with E-state index in [9.17, 15) is 14.0 Å². The normalized spacial score (nSPS) is 13.6. The van der Waals surface area contributed by atoms with Crippen LogP contribution in [0.1, 0.15) is 27.0 Å². The molecule has 0 atom stereocenters. The predicted molar refractivity (Wildman–Crippen MR) is 113 cm³/mol. The van der Waals surface area contributed by atoms with E-state index in [0.717, 1.165) is 5.56 Å². The third kappa shape index (κ3) is 4.48. The van der Waals surface area contributed by atoms with Gasteiger partial charge in [0.15, 0.2) is 5.76 Å². The molecule has 1 heterocycles. The molecular formula is C25H19FO5. The number of hydrogen-bond acceptors (Lipinski definition) is 5. The lowest BCUT2D eigenvalue weighted by atomic mass is 10.0. The minimum Gasteiger partial charge on any atom is -0.497 e. The minimum absolute atomic E-state index is 0.0929. The average Bonchev–Trinajstić information content (AvgIpc) is 3.05. The van der Waals surface area contributed by atoms with Crippen molar-refractivity contribution in [3.63, 3.8) is 0 Å². The molecule has 0 N–H and O–H groups in total. The molecule has 1 aliphatic rings. The zero-order valence-corrected chi connectivity index (χ0v) is 17.0. The van der Waals surface area contributed by atoms with Crippen molar-refractivity contribution in [2.75, 3.05) is 7.11 Å². The van der Waals surface area contributed by atoms with Gasteiger partial charge in [-0.15, -0.1) is 0 Å². The molecule has 0 unspecified atom stereocenters. The summed E-state index contributed by atoms with van der Waals surface area (Å²) in [5.74, 6) is 0.394. The number of allylic oxidation sites excluding steroid dienone is 1. The Bertz CT molecular complexity index is 1180. The number of aryl methyl sites for hydroxylation is 1. The summed E-state index contributed by atoms with van der Waals surface area (Å²) >= 11 is 0. The van der Waals surface area contributed by atoms with Crippen LogP contribution in [-0.4, -0.2) is 18.9 Å². The van der Waals surface area contributed by atoms with Crippen LogP contribution in [0.3, 0.4) is 0 Å². The monoisotopic (exact) mass is 418 g/mol. The summed E-state index contributed by atoms with van der Waals surface area (Å²) < 4.78 is 29.4. The van der Waals surface area contributed by atoms with E-state index < -0.39 is 5.97 Å². The highest BCUT2D eigenvalue weighted by molar-refractivity contribution is 6.15. The number of Topliss-reactive ketones (excluding diaryl/α,β-unsaturated/α-hetero) is 1. The molecule has 3 aromatic rings. The van der Waals surface area contributed by atoms with Crippen LogP contribution in [0.15, 0.2) is 66.4 Å². The Morgan fingerprint density at radius 2 is 1.74 bits per heavy atom. The second-order valence-electron chi connectivity index (χ2n) is 7.10. The van der Waals surface area contributed by atoms with Gasteiger partial charge in [0.25, 0.3) is 0 Å². The molecule has 0 radical (unpaired) electrons. The maximum absolute atomic E-state index is 13.1. The zero-order valence-electron chi connectivity index (χ0n) is 17.0. The molecule has 0 saturated carbocycles. The zero-order chi connectivity index (χ0) is 22.0. The van der Waals surface area contributed by atoms with E-state index in [4.69, 9.17) is 14.2 Å². The van der Waals surface area contributed by atoms with Gasteiger partial charge in [0.1, 0.15) is 23.1 Å². The summed E-state index contributed by atoms with van der Waals surface area (Å²) in [6.07, 6.45) is 1.65. The van der Waals surface area contributed by atoms with Crippen molar-refractivity contribution in [1.29, 1.82) is 0 Å². The molecule has 0 aliphatic carbocycles. The van der Waals surface area contributed by atoms with Gasteiger partial charge in [-0.2, -0.15) is 0 Å². The maximum Gasteiger partial charge on any atom is 0.315 e. The van der Waals surface area contributed by atoms with Gasteiger partial charge in [0.05, 0.1) is 19.1 Å². The van der Waals surface area contributed by atoms with E-state index in [0.29, 0.717) is 33.9 Å². The molecule has 0 bridgehead atoms. The molecular weight excluding hydrogens is 399 g/mol. The van der Waals surface area contributed by atoms with Gasteiger partial charge < -0.3 is 14.2 Å². The van der Waals surface area contributed by atoms with Crippen LogP contribution in [0.5, 0.6) is 17.2 Å². The Labute approximate surface area is 178 Å². The number of esters is 1. The standard InChI is InChI=1S/C25H19FO5/c1-15-11-20(30-23(27)13-17-5-9-19(29-2)10-6-17)14-21-24(15)25(28)22(31-21)12-16-3-7-18(26)8-4-16/h3-12,14H,13H2,1-2H3/b22-12-. The van der Waals surface area contributed by atoms with Crippen LogP contribution in [0.25, 0.3) is 6.08 Å². The molecule has 6 heteroatoms. The largest absolute Gasteiger partial charge is 0.497 e. The van der Waals surface area contributed by atoms with Gasteiger partial charge in [0, 0.05) is 6.07 Å². The number of hydrogen-bond donors (Lipinski definition) is 0. The molecule has 3 aromatic carbocycles. The van der Waals surface area contributed by atoms with E-state index in [1.54, 1.807) is 62.6 Å². The molecule has 4 rings (SSSR count). The van der Waals surface area contributed by atoms with Crippen molar-refractivity contribution in [2.45, 2.75) is 13.3 Å². The van der Waals surface area contributed by atoms with Crippen LogP contribution in [0.2, 0.25) is 0 Å². The van der Waals surface area contributed by atoms with Gasteiger partial charge >= 0.3 is 5.97 Å². The molecule has 5 nitrogen and oxygen atoms in total. The number of methoxy groups -OCH3 is 1. The number of fused-ring (bicyclic) bond motifs is 1. The fourth-order valence-electron chi connectivity index (χ4n) is 3.32. The van der Waals surface area contributed by atoms with Crippen LogP contribution in [-0.2, 0) is 11.2 Å². The van der Waals surface area contributed by atoms with Crippen LogP contribution in [0.4, 0.5) is 4.39 Å². The van der Waals surface area contributed by atoms with E-state index in [1.165, 1.54) is 18.2 Å². The predicted octanol–water partition coefficient (Wildman–Crippen LogP) is 4.91. The van der Waals surface area contributed by atoms with Crippen molar-refractivity contribution >= 4 is 17.8 Å². The summed E-state index contributed by atoms with van der Waals surface area (Å²) in [6.45, 7) is 1.75. The van der Waals surface area contributed by atoms with Gasteiger partial charge in [-0.1, -0.05) is 24.3 Å². The van der Waals surface area contributed by atoms with E-state index in [-0.39, 0.29) is 23.8 Å². The van der Waals surface area contributed by atoms with Gasteiger partial charge in [-0.25, -0.2) is 4.39 Å².